The van der Waals surface area contributed by atoms with Gasteiger partial charge in [0.25, 0.3) is 0 Å². The summed E-state index contributed by atoms with van der Waals surface area (Å²) in [6.45, 7) is 2.01. The van der Waals surface area contributed by atoms with Crippen molar-refractivity contribution >= 4 is 15.9 Å². The van der Waals surface area contributed by atoms with E-state index in [1.807, 2.05) is 23.1 Å². The van der Waals surface area contributed by atoms with Gasteiger partial charge in [-0.15, -0.1) is 0 Å². The predicted octanol–water partition coefficient (Wildman–Crippen LogP) is 1.52. The van der Waals surface area contributed by atoms with Crippen molar-refractivity contribution in [1.82, 2.24) is 9.62 Å². The second-order valence-electron chi connectivity index (χ2n) is 6.79. The lowest BCUT2D eigenvalue weighted by Crippen LogP contribution is -2.47. The standard InChI is InChI=1S/C18H26N2O4S/c21-18(16-6-7-16)20(17-8-12-24-13-9-17)11-10-19-25(22,23)14-15-4-2-1-3-5-15/h1-5,16-17,19H,6-14H2. The fraction of sp³-hybridized carbons (Fsp3) is 0.611. The van der Waals surface area contributed by atoms with Crippen molar-refractivity contribution in [2.45, 2.75) is 37.5 Å². The minimum atomic E-state index is -3.40. The summed E-state index contributed by atoms with van der Waals surface area (Å²) in [7, 11) is -3.40. The number of amides is 1. The molecule has 0 unspecified atom stereocenters. The summed E-state index contributed by atoms with van der Waals surface area (Å²) in [6.07, 6.45) is 3.57. The van der Waals surface area contributed by atoms with Gasteiger partial charge in [0.2, 0.25) is 15.9 Å². The summed E-state index contributed by atoms with van der Waals surface area (Å²) in [5, 5.41) is 0. The number of benzene rings is 1. The van der Waals surface area contributed by atoms with Crippen molar-refractivity contribution in [3.63, 3.8) is 0 Å². The van der Waals surface area contributed by atoms with E-state index in [9.17, 15) is 13.2 Å². The van der Waals surface area contributed by atoms with Crippen molar-refractivity contribution in [1.29, 1.82) is 0 Å². The Balaban J connectivity index is 1.54. The van der Waals surface area contributed by atoms with Gasteiger partial charge >= 0.3 is 0 Å². The Labute approximate surface area is 149 Å². The molecule has 0 atom stereocenters. The van der Waals surface area contributed by atoms with E-state index in [-0.39, 0.29) is 30.2 Å². The Bertz CT molecular complexity index is 668. The van der Waals surface area contributed by atoms with Crippen molar-refractivity contribution in [2.75, 3.05) is 26.3 Å². The van der Waals surface area contributed by atoms with Crippen LogP contribution in [0.15, 0.2) is 30.3 Å². The van der Waals surface area contributed by atoms with Crippen LogP contribution < -0.4 is 4.72 Å². The van der Waals surface area contributed by atoms with Crippen LogP contribution in [0.5, 0.6) is 0 Å². The molecular formula is C18H26N2O4S. The Morgan fingerprint density at radius 1 is 1.12 bits per heavy atom. The number of carbonyl (C=O) groups excluding carboxylic acids is 1. The summed E-state index contributed by atoms with van der Waals surface area (Å²) in [4.78, 5) is 14.4. The molecule has 1 amide bonds. The summed E-state index contributed by atoms with van der Waals surface area (Å²) >= 11 is 0. The molecule has 0 aromatic heterocycles. The molecule has 138 valence electrons. The van der Waals surface area contributed by atoms with Gasteiger partial charge in [-0.3, -0.25) is 4.79 Å². The molecule has 25 heavy (non-hydrogen) atoms. The number of nitrogens with one attached hydrogen (secondary N) is 1. The third-order valence-electron chi connectivity index (χ3n) is 4.72. The van der Waals surface area contributed by atoms with Crippen LogP contribution in [0.1, 0.15) is 31.2 Å². The average molecular weight is 366 g/mol. The second kappa shape index (κ2) is 8.29. The molecule has 1 aliphatic heterocycles. The van der Waals surface area contributed by atoms with Crippen molar-refractivity contribution in [3.8, 4) is 0 Å². The van der Waals surface area contributed by atoms with Crippen LogP contribution in [-0.4, -0.2) is 51.6 Å². The van der Waals surface area contributed by atoms with Gasteiger partial charge in [-0.2, -0.15) is 0 Å². The Hall–Kier alpha value is -1.44. The summed E-state index contributed by atoms with van der Waals surface area (Å²) in [6, 6.07) is 9.27. The Morgan fingerprint density at radius 2 is 1.80 bits per heavy atom. The van der Waals surface area contributed by atoms with E-state index in [2.05, 4.69) is 4.72 Å². The van der Waals surface area contributed by atoms with Gasteiger partial charge in [0.1, 0.15) is 0 Å². The normalized spacial score (nSPS) is 18.9. The van der Waals surface area contributed by atoms with Crippen LogP contribution in [0.25, 0.3) is 0 Å². The zero-order chi connectivity index (χ0) is 17.7. The molecule has 1 N–H and O–H groups in total. The highest BCUT2D eigenvalue weighted by Crippen LogP contribution is 2.32. The van der Waals surface area contributed by atoms with E-state index in [1.165, 1.54) is 0 Å². The molecule has 1 heterocycles. The lowest BCUT2D eigenvalue weighted by molar-refractivity contribution is -0.136. The zero-order valence-corrected chi connectivity index (χ0v) is 15.2. The van der Waals surface area contributed by atoms with Gasteiger partial charge in [0, 0.05) is 38.3 Å². The van der Waals surface area contributed by atoms with Crippen LogP contribution >= 0.6 is 0 Å². The van der Waals surface area contributed by atoms with Gasteiger partial charge in [0.15, 0.2) is 0 Å². The van der Waals surface area contributed by atoms with E-state index in [1.54, 1.807) is 12.1 Å². The molecule has 1 saturated heterocycles. The van der Waals surface area contributed by atoms with E-state index in [0.717, 1.165) is 31.2 Å². The minimum Gasteiger partial charge on any atom is -0.381 e. The first-order chi connectivity index (χ1) is 12.1. The molecule has 0 spiro atoms. The topological polar surface area (TPSA) is 75.7 Å². The fourth-order valence-electron chi connectivity index (χ4n) is 3.20. The van der Waals surface area contributed by atoms with E-state index >= 15 is 0 Å². The van der Waals surface area contributed by atoms with Crippen molar-refractivity contribution in [2.24, 2.45) is 5.92 Å². The van der Waals surface area contributed by atoms with Crippen LogP contribution in [0.3, 0.4) is 0 Å². The molecule has 0 radical (unpaired) electrons. The Morgan fingerprint density at radius 3 is 2.44 bits per heavy atom. The van der Waals surface area contributed by atoms with Crippen molar-refractivity contribution < 1.29 is 17.9 Å². The number of sulfonamides is 1. The van der Waals surface area contributed by atoms with Crippen LogP contribution in [0, 0.1) is 5.92 Å². The number of hydrogen-bond acceptors (Lipinski definition) is 4. The predicted molar refractivity (Wildman–Crippen MR) is 95.3 cm³/mol. The van der Waals surface area contributed by atoms with E-state index in [0.29, 0.717) is 19.8 Å². The first-order valence-corrected chi connectivity index (χ1v) is 10.6. The van der Waals surface area contributed by atoms with E-state index < -0.39 is 10.0 Å². The van der Waals surface area contributed by atoms with Crippen LogP contribution in [-0.2, 0) is 25.3 Å². The second-order valence-corrected chi connectivity index (χ2v) is 8.60. The highest BCUT2D eigenvalue weighted by Gasteiger charge is 2.36. The fourth-order valence-corrected chi connectivity index (χ4v) is 4.34. The molecule has 1 aromatic rings. The average Bonchev–Trinajstić information content (AvgIpc) is 3.44. The van der Waals surface area contributed by atoms with Gasteiger partial charge in [0.05, 0.1) is 5.75 Å². The molecule has 6 nitrogen and oxygen atoms in total. The summed E-state index contributed by atoms with van der Waals surface area (Å²) in [5.74, 6) is 0.278. The molecule has 2 aliphatic rings. The number of ether oxygens (including phenoxy) is 1. The molecule has 7 heteroatoms. The molecule has 3 rings (SSSR count). The van der Waals surface area contributed by atoms with Gasteiger partial charge in [-0.1, -0.05) is 30.3 Å². The number of nitrogens with zero attached hydrogens (tertiary/aromatic N) is 1. The molecule has 1 saturated carbocycles. The summed E-state index contributed by atoms with van der Waals surface area (Å²) in [5.41, 5.74) is 0.755. The summed E-state index contributed by atoms with van der Waals surface area (Å²) < 4.78 is 32.5. The first-order valence-electron chi connectivity index (χ1n) is 8.95. The smallest absolute Gasteiger partial charge is 0.225 e. The first kappa shape index (κ1) is 18.4. The lowest BCUT2D eigenvalue weighted by Gasteiger charge is -2.34. The largest absolute Gasteiger partial charge is 0.381 e. The Kier molecular flexibility index (Phi) is 6.09. The molecule has 2 fully saturated rings. The molecule has 1 aliphatic carbocycles. The van der Waals surface area contributed by atoms with Gasteiger partial charge in [-0.25, -0.2) is 13.1 Å². The maximum atomic E-state index is 12.6. The number of carbonyl (C=O) groups is 1. The quantitative estimate of drug-likeness (QED) is 0.757. The molecule has 1 aromatic carbocycles. The van der Waals surface area contributed by atoms with E-state index in [4.69, 9.17) is 4.74 Å². The monoisotopic (exact) mass is 366 g/mol. The number of rotatable bonds is 8. The number of hydrogen-bond donors (Lipinski definition) is 1. The van der Waals surface area contributed by atoms with Crippen LogP contribution in [0.4, 0.5) is 0 Å². The highest BCUT2D eigenvalue weighted by molar-refractivity contribution is 7.88. The third-order valence-corrected chi connectivity index (χ3v) is 6.07. The van der Waals surface area contributed by atoms with Crippen LogP contribution in [0.2, 0.25) is 0 Å². The van der Waals surface area contributed by atoms with Gasteiger partial charge < -0.3 is 9.64 Å². The highest BCUT2D eigenvalue weighted by atomic mass is 32.2. The zero-order valence-electron chi connectivity index (χ0n) is 14.4. The maximum Gasteiger partial charge on any atom is 0.225 e. The maximum absolute atomic E-state index is 12.6. The minimum absolute atomic E-state index is 0.0400. The molecule has 0 bridgehead atoms. The van der Waals surface area contributed by atoms with Crippen molar-refractivity contribution in [3.05, 3.63) is 35.9 Å². The molecular weight excluding hydrogens is 340 g/mol. The third kappa shape index (κ3) is 5.52. The SMILES string of the molecule is O=C(C1CC1)N(CCNS(=O)(=O)Cc1ccccc1)C1CCOCC1. The van der Waals surface area contributed by atoms with Gasteiger partial charge in [-0.05, 0) is 31.2 Å². The lowest BCUT2D eigenvalue weighted by atomic mass is 10.1.